The number of hydrogen-bond acceptors (Lipinski definition) is 4. The summed E-state index contributed by atoms with van der Waals surface area (Å²) in [5.41, 5.74) is 3.29. The number of nitrogens with zero attached hydrogens (tertiary/aromatic N) is 3. The summed E-state index contributed by atoms with van der Waals surface area (Å²) < 4.78 is 13.6. The van der Waals surface area contributed by atoms with Gasteiger partial charge in [-0.3, -0.25) is 4.79 Å². The van der Waals surface area contributed by atoms with Gasteiger partial charge in [0.1, 0.15) is 5.82 Å². The minimum atomic E-state index is 0.0463. The average Bonchev–Trinajstić information content (AvgIpc) is 3.36. The lowest BCUT2D eigenvalue weighted by Gasteiger charge is -2.32. The normalized spacial score (nSPS) is 14.3. The number of carbonyl (C=O) groups is 1. The van der Waals surface area contributed by atoms with Gasteiger partial charge in [-0.15, -0.1) is 0 Å². The van der Waals surface area contributed by atoms with Gasteiger partial charge >= 0.3 is 0 Å². The Labute approximate surface area is 215 Å². The maximum Gasteiger partial charge on any atom is 0.253 e. The van der Waals surface area contributed by atoms with Crippen molar-refractivity contribution in [2.24, 2.45) is 0 Å². The number of ether oxygens (including phenoxy) is 2. The number of piperidine rings is 1. The van der Waals surface area contributed by atoms with Crippen LogP contribution < -0.4 is 9.47 Å². The Morgan fingerprint density at radius 3 is 2.50 bits per heavy atom. The number of carbonyl (C=O) groups excluding carboxylic acids is 1. The van der Waals surface area contributed by atoms with Crippen LogP contribution in [0.15, 0.2) is 54.9 Å². The van der Waals surface area contributed by atoms with Gasteiger partial charge in [-0.05, 0) is 54.5 Å². The molecule has 4 rings (SSSR count). The molecule has 0 unspecified atom stereocenters. The molecule has 0 N–H and O–H groups in total. The van der Waals surface area contributed by atoms with Crippen LogP contribution in [0.2, 0.25) is 0 Å². The average molecular weight is 490 g/mol. The molecule has 1 aromatic heterocycles. The highest BCUT2D eigenvalue weighted by Crippen LogP contribution is 2.31. The van der Waals surface area contributed by atoms with Gasteiger partial charge in [0.2, 0.25) is 0 Å². The standard InChI is InChI=1S/C30H39N3O3/c1-5-6-19-36-28-20-26(11-12-27(28)35-4)30(34)32-16-13-25(14-17-32)29-31-15-18-33(29)21-23-7-9-24(10-8-23)22(2)3/h7-12,15,18,20,22,25H,5-6,13-14,16-17,19,21H2,1-4H3. The summed E-state index contributed by atoms with van der Waals surface area (Å²) in [5, 5.41) is 0. The first-order valence-corrected chi connectivity index (χ1v) is 13.2. The molecule has 0 atom stereocenters. The lowest BCUT2D eigenvalue weighted by molar-refractivity contribution is 0.0710. The van der Waals surface area contributed by atoms with Crippen LogP contribution in [-0.4, -0.2) is 47.2 Å². The number of imidazole rings is 1. The van der Waals surface area contributed by atoms with Crippen molar-refractivity contribution in [3.8, 4) is 11.5 Å². The molecule has 1 aliphatic rings. The van der Waals surface area contributed by atoms with Crippen molar-refractivity contribution in [2.45, 2.75) is 64.8 Å². The van der Waals surface area contributed by atoms with Gasteiger partial charge in [0.15, 0.2) is 11.5 Å². The van der Waals surface area contributed by atoms with Gasteiger partial charge in [-0.1, -0.05) is 51.5 Å². The molecular weight excluding hydrogens is 450 g/mol. The van der Waals surface area contributed by atoms with E-state index in [0.29, 0.717) is 35.5 Å². The lowest BCUT2D eigenvalue weighted by atomic mass is 9.95. The van der Waals surface area contributed by atoms with E-state index in [1.165, 1.54) is 11.1 Å². The maximum atomic E-state index is 13.3. The molecular formula is C30H39N3O3. The smallest absolute Gasteiger partial charge is 0.253 e. The second kappa shape index (κ2) is 12.1. The Bertz CT molecular complexity index is 1130. The van der Waals surface area contributed by atoms with Crippen LogP contribution in [0.3, 0.4) is 0 Å². The Morgan fingerprint density at radius 2 is 1.83 bits per heavy atom. The Balaban J connectivity index is 1.38. The van der Waals surface area contributed by atoms with E-state index in [4.69, 9.17) is 14.5 Å². The van der Waals surface area contributed by atoms with Gasteiger partial charge in [-0.25, -0.2) is 4.98 Å². The molecule has 1 aliphatic heterocycles. The molecule has 1 amide bonds. The first kappa shape index (κ1) is 25.8. The SMILES string of the molecule is CCCCOc1cc(C(=O)N2CCC(c3nccn3Cc3ccc(C(C)C)cc3)CC2)ccc1OC. The quantitative estimate of drug-likeness (QED) is 0.315. The molecule has 6 heteroatoms. The van der Waals surface area contributed by atoms with Crippen molar-refractivity contribution >= 4 is 5.91 Å². The van der Waals surface area contributed by atoms with Gasteiger partial charge in [0.05, 0.1) is 13.7 Å². The number of likely N-dealkylation sites (tertiary alicyclic amines) is 1. The lowest BCUT2D eigenvalue weighted by Crippen LogP contribution is -2.38. The topological polar surface area (TPSA) is 56.6 Å². The number of rotatable bonds is 10. The largest absolute Gasteiger partial charge is 0.493 e. The zero-order valence-electron chi connectivity index (χ0n) is 22.1. The van der Waals surface area contributed by atoms with Gasteiger partial charge in [0, 0.05) is 43.5 Å². The summed E-state index contributed by atoms with van der Waals surface area (Å²) in [6, 6.07) is 14.4. The third-order valence-electron chi connectivity index (χ3n) is 7.06. The van der Waals surface area contributed by atoms with E-state index in [-0.39, 0.29) is 5.91 Å². The molecule has 0 saturated carbocycles. The Morgan fingerprint density at radius 1 is 1.08 bits per heavy atom. The number of amides is 1. The minimum absolute atomic E-state index is 0.0463. The second-order valence-electron chi connectivity index (χ2n) is 9.94. The van der Waals surface area contributed by atoms with Crippen molar-refractivity contribution in [3.05, 3.63) is 77.4 Å². The van der Waals surface area contributed by atoms with Crippen molar-refractivity contribution in [1.82, 2.24) is 14.5 Å². The summed E-state index contributed by atoms with van der Waals surface area (Å²) in [7, 11) is 1.62. The second-order valence-corrected chi connectivity index (χ2v) is 9.94. The van der Waals surface area contributed by atoms with E-state index in [0.717, 1.165) is 51.1 Å². The van der Waals surface area contributed by atoms with Gasteiger partial charge in [-0.2, -0.15) is 0 Å². The predicted molar refractivity (Wildman–Crippen MR) is 143 cm³/mol. The van der Waals surface area contributed by atoms with E-state index in [9.17, 15) is 4.79 Å². The van der Waals surface area contributed by atoms with E-state index in [1.807, 2.05) is 29.3 Å². The molecule has 0 radical (unpaired) electrons. The van der Waals surface area contributed by atoms with Crippen LogP contribution in [0.5, 0.6) is 11.5 Å². The third kappa shape index (κ3) is 6.10. The Kier molecular flexibility index (Phi) is 8.68. The van der Waals surface area contributed by atoms with Crippen molar-refractivity contribution in [2.75, 3.05) is 26.8 Å². The van der Waals surface area contributed by atoms with E-state index < -0.39 is 0 Å². The summed E-state index contributed by atoms with van der Waals surface area (Å²) >= 11 is 0. The van der Waals surface area contributed by atoms with Gasteiger partial charge < -0.3 is 18.9 Å². The molecule has 0 bridgehead atoms. The summed E-state index contributed by atoms with van der Waals surface area (Å²) in [5.74, 6) is 3.34. The number of aromatic nitrogens is 2. The molecule has 0 spiro atoms. The van der Waals surface area contributed by atoms with Crippen LogP contribution in [0, 0.1) is 0 Å². The summed E-state index contributed by atoms with van der Waals surface area (Å²) in [6.07, 6.45) is 7.80. The minimum Gasteiger partial charge on any atom is -0.493 e. The van der Waals surface area contributed by atoms with Crippen molar-refractivity contribution in [1.29, 1.82) is 0 Å². The highest BCUT2D eigenvalue weighted by Gasteiger charge is 2.27. The van der Waals surface area contributed by atoms with Crippen LogP contribution >= 0.6 is 0 Å². The molecule has 192 valence electrons. The van der Waals surface area contributed by atoms with Crippen LogP contribution in [0.25, 0.3) is 0 Å². The summed E-state index contributed by atoms with van der Waals surface area (Å²) in [6.45, 7) is 9.43. The fourth-order valence-electron chi connectivity index (χ4n) is 4.79. The van der Waals surface area contributed by atoms with E-state index >= 15 is 0 Å². The maximum absolute atomic E-state index is 13.3. The highest BCUT2D eigenvalue weighted by molar-refractivity contribution is 5.95. The van der Waals surface area contributed by atoms with Crippen LogP contribution in [-0.2, 0) is 6.54 Å². The molecule has 3 aromatic rings. The summed E-state index contributed by atoms with van der Waals surface area (Å²) in [4.78, 5) is 19.9. The first-order chi connectivity index (χ1) is 17.5. The van der Waals surface area contributed by atoms with Crippen molar-refractivity contribution < 1.29 is 14.3 Å². The molecule has 6 nitrogen and oxygen atoms in total. The zero-order chi connectivity index (χ0) is 25.5. The third-order valence-corrected chi connectivity index (χ3v) is 7.06. The zero-order valence-corrected chi connectivity index (χ0v) is 22.1. The molecule has 1 saturated heterocycles. The predicted octanol–water partition coefficient (Wildman–Crippen LogP) is 6.26. The van der Waals surface area contributed by atoms with E-state index in [2.05, 4.69) is 55.8 Å². The van der Waals surface area contributed by atoms with Crippen LogP contribution in [0.4, 0.5) is 0 Å². The molecule has 2 heterocycles. The first-order valence-electron chi connectivity index (χ1n) is 13.2. The molecule has 1 fully saturated rings. The molecule has 2 aromatic carbocycles. The number of hydrogen-bond donors (Lipinski definition) is 0. The monoisotopic (exact) mass is 489 g/mol. The van der Waals surface area contributed by atoms with Gasteiger partial charge in [0.25, 0.3) is 5.91 Å². The highest BCUT2D eigenvalue weighted by atomic mass is 16.5. The number of unbranched alkanes of at least 4 members (excludes halogenated alkanes) is 1. The number of methoxy groups -OCH3 is 1. The molecule has 36 heavy (non-hydrogen) atoms. The van der Waals surface area contributed by atoms with Crippen molar-refractivity contribution in [3.63, 3.8) is 0 Å². The fraction of sp³-hybridized carbons (Fsp3) is 0.467. The van der Waals surface area contributed by atoms with Crippen LogP contribution in [0.1, 0.15) is 85.6 Å². The Hall–Kier alpha value is -3.28. The number of benzene rings is 2. The molecule has 0 aliphatic carbocycles. The van der Waals surface area contributed by atoms with E-state index in [1.54, 1.807) is 7.11 Å². The fourth-order valence-corrected chi connectivity index (χ4v) is 4.79.